The first-order valence-electron chi connectivity index (χ1n) is 11.0. The molecule has 0 aliphatic carbocycles. The molecule has 0 radical (unpaired) electrons. The van der Waals surface area contributed by atoms with Crippen molar-refractivity contribution in [3.05, 3.63) is 121 Å². The van der Waals surface area contributed by atoms with Crippen molar-refractivity contribution in [1.29, 1.82) is 0 Å². The van der Waals surface area contributed by atoms with Gasteiger partial charge in [0.2, 0.25) is 0 Å². The summed E-state index contributed by atoms with van der Waals surface area (Å²) in [4.78, 5) is 0. The molecule has 4 heteroatoms. The van der Waals surface area contributed by atoms with Crippen molar-refractivity contribution in [2.45, 2.75) is 0 Å². The Bertz CT molecular complexity index is 1310. The van der Waals surface area contributed by atoms with Crippen molar-refractivity contribution in [2.24, 2.45) is 0 Å². The van der Waals surface area contributed by atoms with Gasteiger partial charge in [-0.05, 0) is 47.5 Å². The lowest BCUT2D eigenvalue weighted by Gasteiger charge is -2.19. The summed E-state index contributed by atoms with van der Waals surface area (Å²) in [5.74, 6) is 2.65. The molecule has 0 bridgehead atoms. The van der Waals surface area contributed by atoms with Gasteiger partial charge in [0.05, 0.1) is 11.4 Å². The monoisotopic (exact) mass is 444 g/mol. The molecule has 34 heavy (non-hydrogen) atoms. The van der Waals surface area contributed by atoms with E-state index in [0.717, 1.165) is 33.8 Å². The highest BCUT2D eigenvalue weighted by Crippen LogP contribution is 2.45. The van der Waals surface area contributed by atoms with Crippen LogP contribution in [0.2, 0.25) is 0 Å². The van der Waals surface area contributed by atoms with Gasteiger partial charge in [0.1, 0.15) is 11.5 Å². The summed E-state index contributed by atoms with van der Waals surface area (Å²) in [6, 6.07) is 38.9. The molecule has 4 nitrogen and oxygen atoms in total. The lowest BCUT2D eigenvalue weighted by Crippen LogP contribution is -1.98. The maximum absolute atomic E-state index is 6.38. The second kappa shape index (κ2) is 9.43. The minimum atomic E-state index is 0.560. The maximum Gasteiger partial charge on any atom is 0.158 e. The number of rotatable bonds is 6. The average molecular weight is 445 g/mol. The summed E-state index contributed by atoms with van der Waals surface area (Å²) in [6.45, 7) is 0. The zero-order valence-corrected chi connectivity index (χ0v) is 18.5. The second-order valence-electron chi connectivity index (χ2n) is 7.82. The fourth-order valence-electron chi connectivity index (χ4n) is 3.93. The summed E-state index contributed by atoms with van der Waals surface area (Å²) in [7, 11) is 0. The van der Waals surface area contributed by atoms with E-state index in [9.17, 15) is 0 Å². The van der Waals surface area contributed by atoms with Gasteiger partial charge in [0.25, 0.3) is 0 Å². The summed E-state index contributed by atoms with van der Waals surface area (Å²) in [5.41, 5.74) is 17.6. The van der Waals surface area contributed by atoms with Crippen molar-refractivity contribution >= 4 is 11.4 Å². The first-order valence-corrected chi connectivity index (χ1v) is 11.0. The molecule has 5 aromatic carbocycles. The second-order valence-corrected chi connectivity index (χ2v) is 7.82. The smallest absolute Gasteiger partial charge is 0.158 e. The van der Waals surface area contributed by atoms with E-state index >= 15 is 0 Å². The number of anilines is 2. The van der Waals surface area contributed by atoms with Crippen LogP contribution < -0.4 is 20.9 Å². The Morgan fingerprint density at radius 1 is 0.353 bits per heavy atom. The number of para-hydroxylation sites is 4. The quantitative estimate of drug-likeness (QED) is 0.262. The maximum atomic E-state index is 6.38. The third-order valence-electron chi connectivity index (χ3n) is 5.52. The predicted octanol–water partition coefficient (Wildman–Crippen LogP) is 7.77. The Balaban J connectivity index is 1.65. The lowest BCUT2D eigenvalue weighted by atomic mass is 9.93. The molecule has 0 aliphatic heterocycles. The fraction of sp³-hybridized carbons (Fsp3) is 0. The van der Waals surface area contributed by atoms with E-state index < -0.39 is 0 Å². The molecular weight excluding hydrogens is 420 g/mol. The molecule has 0 atom stereocenters. The van der Waals surface area contributed by atoms with Gasteiger partial charge >= 0.3 is 0 Å². The molecule has 0 aromatic heterocycles. The number of ether oxygens (including phenoxy) is 2. The molecule has 0 heterocycles. The summed E-state index contributed by atoms with van der Waals surface area (Å²) in [6.07, 6.45) is 0. The molecule has 0 fully saturated rings. The molecule has 0 aliphatic rings. The van der Waals surface area contributed by atoms with Gasteiger partial charge in [-0.15, -0.1) is 0 Å². The fourth-order valence-corrected chi connectivity index (χ4v) is 3.93. The van der Waals surface area contributed by atoms with Crippen LogP contribution in [0.15, 0.2) is 121 Å². The molecule has 5 aromatic rings. The highest BCUT2D eigenvalue weighted by atomic mass is 16.5. The van der Waals surface area contributed by atoms with Crippen LogP contribution in [0.25, 0.3) is 22.3 Å². The van der Waals surface area contributed by atoms with Gasteiger partial charge in [-0.25, -0.2) is 0 Å². The molecule has 4 N–H and O–H groups in total. The predicted molar refractivity (Wildman–Crippen MR) is 139 cm³/mol. The zero-order valence-electron chi connectivity index (χ0n) is 18.5. The highest BCUT2D eigenvalue weighted by Gasteiger charge is 2.18. The Hall–Kier alpha value is -4.70. The van der Waals surface area contributed by atoms with Crippen molar-refractivity contribution in [3.63, 3.8) is 0 Å². The zero-order chi connectivity index (χ0) is 23.3. The van der Waals surface area contributed by atoms with Crippen molar-refractivity contribution < 1.29 is 9.47 Å². The van der Waals surface area contributed by atoms with Gasteiger partial charge in [0.15, 0.2) is 11.5 Å². The molecule has 5 rings (SSSR count). The third kappa shape index (κ3) is 4.30. The van der Waals surface area contributed by atoms with Crippen LogP contribution in [-0.2, 0) is 0 Å². The molecule has 0 amide bonds. The summed E-state index contributed by atoms with van der Waals surface area (Å²) >= 11 is 0. The average Bonchev–Trinajstić information content (AvgIpc) is 2.88. The van der Waals surface area contributed by atoms with E-state index in [1.54, 1.807) is 0 Å². The van der Waals surface area contributed by atoms with Gasteiger partial charge in [0, 0.05) is 11.1 Å². The standard InChI is InChI=1S/C30H24N2O2/c31-27-19-9-17-25(29(27)33-21-11-3-1-4-12-21)23-15-7-8-16-24(23)26-18-10-20-28(32)30(26)34-22-13-5-2-6-14-22/h1-20H,31-32H2. The minimum absolute atomic E-state index is 0.560. The van der Waals surface area contributed by atoms with Crippen LogP contribution in [0.3, 0.4) is 0 Å². The first kappa shape index (κ1) is 21.2. The summed E-state index contributed by atoms with van der Waals surface area (Å²) in [5, 5.41) is 0. The third-order valence-corrected chi connectivity index (χ3v) is 5.52. The van der Waals surface area contributed by atoms with Gasteiger partial charge in [-0.3, -0.25) is 0 Å². The topological polar surface area (TPSA) is 70.5 Å². The number of benzene rings is 5. The SMILES string of the molecule is Nc1cccc(-c2ccccc2-c2cccc(N)c2Oc2ccccc2)c1Oc1ccccc1. The lowest BCUT2D eigenvalue weighted by molar-refractivity contribution is 0.486. The highest BCUT2D eigenvalue weighted by molar-refractivity contribution is 5.92. The van der Waals surface area contributed by atoms with E-state index in [2.05, 4.69) is 12.1 Å². The molecular formula is C30H24N2O2. The number of hydrogen-bond donors (Lipinski definition) is 2. The normalized spacial score (nSPS) is 10.6. The number of hydrogen-bond acceptors (Lipinski definition) is 4. The van der Waals surface area contributed by atoms with Crippen molar-refractivity contribution in [2.75, 3.05) is 11.5 Å². The number of nitrogen functional groups attached to an aromatic ring is 2. The molecule has 0 unspecified atom stereocenters. The Morgan fingerprint density at radius 2 is 0.706 bits per heavy atom. The van der Waals surface area contributed by atoms with Crippen molar-refractivity contribution in [1.82, 2.24) is 0 Å². The van der Waals surface area contributed by atoms with Gasteiger partial charge < -0.3 is 20.9 Å². The van der Waals surface area contributed by atoms with Crippen LogP contribution in [0.1, 0.15) is 0 Å². The van der Waals surface area contributed by atoms with E-state index in [1.807, 2.05) is 109 Å². The van der Waals surface area contributed by atoms with Crippen LogP contribution in [-0.4, -0.2) is 0 Å². The van der Waals surface area contributed by atoms with E-state index in [0.29, 0.717) is 22.9 Å². The molecule has 0 saturated carbocycles. The molecule has 0 saturated heterocycles. The van der Waals surface area contributed by atoms with Gasteiger partial charge in [-0.1, -0.05) is 84.9 Å². The van der Waals surface area contributed by atoms with E-state index in [1.165, 1.54) is 0 Å². The Kier molecular flexibility index (Phi) is 5.87. The Morgan fingerprint density at radius 3 is 1.12 bits per heavy atom. The first-order chi connectivity index (χ1) is 16.7. The van der Waals surface area contributed by atoms with Crippen LogP contribution in [0.4, 0.5) is 11.4 Å². The van der Waals surface area contributed by atoms with Gasteiger partial charge in [-0.2, -0.15) is 0 Å². The Labute approximate surface area is 199 Å². The van der Waals surface area contributed by atoms with Crippen LogP contribution >= 0.6 is 0 Å². The van der Waals surface area contributed by atoms with E-state index in [4.69, 9.17) is 20.9 Å². The molecule has 166 valence electrons. The minimum Gasteiger partial charge on any atom is -0.455 e. The van der Waals surface area contributed by atoms with Crippen LogP contribution in [0, 0.1) is 0 Å². The number of nitrogens with two attached hydrogens (primary N) is 2. The van der Waals surface area contributed by atoms with Crippen LogP contribution in [0.5, 0.6) is 23.0 Å². The largest absolute Gasteiger partial charge is 0.455 e. The van der Waals surface area contributed by atoms with Crippen molar-refractivity contribution in [3.8, 4) is 45.3 Å². The van der Waals surface area contributed by atoms with E-state index in [-0.39, 0.29) is 0 Å². The summed E-state index contributed by atoms with van der Waals surface area (Å²) < 4.78 is 12.5. The molecule has 0 spiro atoms.